The molecule has 5 nitrogen and oxygen atoms in total. The van der Waals surface area contributed by atoms with Crippen LogP contribution < -0.4 is 5.32 Å². The molecule has 0 unspecified atom stereocenters. The van der Waals surface area contributed by atoms with Crippen LogP contribution in [0.2, 0.25) is 0 Å². The summed E-state index contributed by atoms with van der Waals surface area (Å²) in [5.41, 5.74) is -0.572. The van der Waals surface area contributed by atoms with E-state index in [0.29, 0.717) is 11.7 Å². The van der Waals surface area contributed by atoms with Gasteiger partial charge in [-0.25, -0.2) is 0 Å². The fourth-order valence-corrected chi connectivity index (χ4v) is 2.60. The van der Waals surface area contributed by atoms with Gasteiger partial charge >= 0.3 is 0 Å². The molecule has 1 amide bonds. The smallest absolute Gasteiger partial charge is 0.247 e. The SMILES string of the molecule is CCOCCCNC(=S)N1CCN(C)C(=O)C1(C)C. The number of nitrogens with one attached hydrogen (secondary N) is 1. The van der Waals surface area contributed by atoms with Gasteiger partial charge < -0.3 is 19.9 Å². The van der Waals surface area contributed by atoms with Gasteiger partial charge in [-0.1, -0.05) is 0 Å². The number of hydrogen-bond acceptors (Lipinski definition) is 3. The zero-order chi connectivity index (χ0) is 14.5. The van der Waals surface area contributed by atoms with Gasteiger partial charge in [0.25, 0.3) is 0 Å². The zero-order valence-electron chi connectivity index (χ0n) is 12.4. The van der Waals surface area contributed by atoms with Crippen LogP contribution in [-0.4, -0.2) is 66.3 Å². The Bertz CT molecular complexity index is 334. The van der Waals surface area contributed by atoms with Gasteiger partial charge in [0.15, 0.2) is 5.11 Å². The van der Waals surface area contributed by atoms with Crippen LogP contribution in [0.25, 0.3) is 0 Å². The van der Waals surface area contributed by atoms with Crippen molar-refractivity contribution in [3.8, 4) is 0 Å². The van der Waals surface area contributed by atoms with Gasteiger partial charge in [0.2, 0.25) is 5.91 Å². The summed E-state index contributed by atoms with van der Waals surface area (Å²) in [6.45, 7) is 9.54. The first-order chi connectivity index (χ1) is 8.91. The second-order valence-corrected chi connectivity index (χ2v) is 5.61. The molecule has 0 aliphatic carbocycles. The van der Waals surface area contributed by atoms with E-state index in [1.807, 2.05) is 32.7 Å². The summed E-state index contributed by atoms with van der Waals surface area (Å²) >= 11 is 5.40. The van der Waals surface area contributed by atoms with Gasteiger partial charge in [0.1, 0.15) is 5.54 Å². The molecule has 1 rings (SSSR count). The second kappa shape index (κ2) is 7.05. The Hall–Kier alpha value is -0.880. The third-order valence-corrected chi connectivity index (χ3v) is 3.76. The molecule has 0 atom stereocenters. The number of thiocarbonyl (C=S) groups is 1. The second-order valence-electron chi connectivity index (χ2n) is 5.22. The van der Waals surface area contributed by atoms with Crippen molar-refractivity contribution in [2.45, 2.75) is 32.7 Å². The third kappa shape index (κ3) is 4.04. The molecule has 0 saturated carbocycles. The lowest BCUT2D eigenvalue weighted by atomic mass is 9.98. The minimum atomic E-state index is -0.572. The van der Waals surface area contributed by atoms with E-state index < -0.39 is 5.54 Å². The van der Waals surface area contributed by atoms with Crippen LogP contribution in [0.5, 0.6) is 0 Å². The van der Waals surface area contributed by atoms with E-state index in [9.17, 15) is 4.79 Å². The quantitative estimate of drug-likeness (QED) is 0.600. The van der Waals surface area contributed by atoms with Crippen molar-refractivity contribution in [2.75, 3.05) is 39.9 Å². The Balaban J connectivity index is 2.45. The molecule has 1 aliphatic heterocycles. The molecule has 1 N–H and O–H groups in total. The summed E-state index contributed by atoms with van der Waals surface area (Å²) in [5, 5.41) is 3.86. The molecule has 19 heavy (non-hydrogen) atoms. The topological polar surface area (TPSA) is 44.8 Å². The van der Waals surface area contributed by atoms with E-state index in [1.165, 1.54) is 0 Å². The number of amides is 1. The van der Waals surface area contributed by atoms with E-state index in [4.69, 9.17) is 17.0 Å². The number of nitrogens with zero attached hydrogens (tertiary/aromatic N) is 2. The first-order valence-corrected chi connectivity index (χ1v) is 7.20. The third-order valence-electron chi connectivity index (χ3n) is 3.39. The van der Waals surface area contributed by atoms with Crippen LogP contribution in [0.1, 0.15) is 27.2 Å². The summed E-state index contributed by atoms with van der Waals surface area (Å²) in [7, 11) is 1.83. The first kappa shape index (κ1) is 16.2. The van der Waals surface area contributed by atoms with Gasteiger partial charge in [-0.2, -0.15) is 0 Å². The summed E-state index contributed by atoms with van der Waals surface area (Å²) < 4.78 is 5.28. The Kier molecular flexibility index (Phi) is 6.00. The molecule has 0 aromatic carbocycles. The molecular formula is C13H25N3O2S. The minimum Gasteiger partial charge on any atom is -0.382 e. The highest BCUT2D eigenvalue weighted by molar-refractivity contribution is 7.80. The molecule has 1 saturated heterocycles. The molecule has 1 heterocycles. The zero-order valence-corrected chi connectivity index (χ0v) is 13.2. The highest BCUT2D eigenvalue weighted by Crippen LogP contribution is 2.21. The molecule has 1 fully saturated rings. The van der Waals surface area contributed by atoms with Gasteiger partial charge in [0.05, 0.1) is 0 Å². The number of hydrogen-bond donors (Lipinski definition) is 1. The van der Waals surface area contributed by atoms with Crippen molar-refractivity contribution in [3.63, 3.8) is 0 Å². The van der Waals surface area contributed by atoms with Crippen LogP contribution in [0.4, 0.5) is 0 Å². The Morgan fingerprint density at radius 1 is 1.47 bits per heavy atom. The van der Waals surface area contributed by atoms with Crippen molar-refractivity contribution < 1.29 is 9.53 Å². The van der Waals surface area contributed by atoms with E-state index in [2.05, 4.69) is 5.32 Å². The molecule has 0 aromatic heterocycles. The van der Waals surface area contributed by atoms with Crippen LogP contribution in [0.3, 0.4) is 0 Å². The number of carbonyl (C=O) groups is 1. The number of carbonyl (C=O) groups excluding carboxylic acids is 1. The summed E-state index contributed by atoms with van der Waals surface area (Å²) in [6, 6.07) is 0. The molecular weight excluding hydrogens is 262 g/mol. The van der Waals surface area contributed by atoms with Gasteiger partial charge in [-0.3, -0.25) is 4.79 Å². The number of piperazine rings is 1. The van der Waals surface area contributed by atoms with Crippen molar-refractivity contribution in [2.24, 2.45) is 0 Å². The number of rotatable bonds is 5. The average molecular weight is 287 g/mol. The summed E-state index contributed by atoms with van der Waals surface area (Å²) in [5.74, 6) is 0.109. The van der Waals surface area contributed by atoms with Crippen LogP contribution >= 0.6 is 12.2 Å². The Labute approximate surface area is 121 Å². The molecule has 0 bridgehead atoms. The summed E-state index contributed by atoms with van der Waals surface area (Å²) in [6.07, 6.45) is 0.913. The van der Waals surface area contributed by atoms with E-state index in [-0.39, 0.29) is 5.91 Å². The Morgan fingerprint density at radius 3 is 2.79 bits per heavy atom. The maximum Gasteiger partial charge on any atom is 0.247 e. The Morgan fingerprint density at radius 2 is 2.16 bits per heavy atom. The average Bonchev–Trinajstić information content (AvgIpc) is 2.35. The van der Waals surface area contributed by atoms with Gasteiger partial charge in [-0.15, -0.1) is 0 Å². The lowest BCUT2D eigenvalue weighted by Crippen LogP contribution is -2.65. The number of likely N-dealkylation sites (N-methyl/N-ethyl adjacent to an activating group) is 1. The molecule has 6 heteroatoms. The fourth-order valence-electron chi connectivity index (χ4n) is 2.18. The van der Waals surface area contributed by atoms with Crippen LogP contribution in [-0.2, 0) is 9.53 Å². The molecule has 110 valence electrons. The van der Waals surface area contributed by atoms with Crippen molar-refractivity contribution >= 4 is 23.2 Å². The fraction of sp³-hybridized carbons (Fsp3) is 0.846. The van der Waals surface area contributed by atoms with Crippen LogP contribution in [0, 0.1) is 0 Å². The van der Waals surface area contributed by atoms with Gasteiger partial charge in [-0.05, 0) is 39.4 Å². The van der Waals surface area contributed by atoms with Crippen molar-refractivity contribution in [1.82, 2.24) is 15.1 Å². The van der Waals surface area contributed by atoms with E-state index >= 15 is 0 Å². The molecule has 0 aromatic rings. The minimum absolute atomic E-state index is 0.109. The maximum atomic E-state index is 12.2. The monoisotopic (exact) mass is 287 g/mol. The highest BCUT2D eigenvalue weighted by Gasteiger charge is 2.41. The molecule has 1 aliphatic rings. The largest absolute Gasteiger partial charge is 0.382 e. The molecule has 0 spiro atoms. The van der Waals surface area contributed by atoms with Crippen molar-refractivity contribution in [1.29, 1.82) is 0 Å². The lowest BCUT2D eigenvalue weighted by molar-refractivity contribution is -0.143. The summed E-state index contributed by atoms with van der Waals surface area (Å²) in [4.78, 5) is 15.9. The molecule has 0 radical (unpaired) electrons. The van der Waals surface area contributed by atoms with Gasteiger partial charge in [0, 0.05) is 39.9 Å². The normalized spacial score (nSPS) is 18.6. The van der Waals surface area contributed by atoms with Crippen LogP contribution in [0.15, 0.2) is 0 Å². The van der Waals surface area contributed by atoms with E-state index in [0.717, 1.165) is 32.7 Å². The predicted octanol–water partition coefficient (Wildman–Crippen LogP) is 0.840. The number of ether oxygens (including phenoxy) is 1. The standard InChI is InChI=1S/C13H25N3O2S/c1-5-18-10-6-7-14-12(19)16-9-8-15(4)11(17)13(16,2)3/h5-10H2,1-4H3,(H,14,19). The first-order valence-electron chi connectivity index (χ1n) is 6.80. The van der Waals surface area contributed by atoms with E-state index in [1.54, 1.807) is 4.90 Å². The predicted molar refractivity (Wildman–Crippen MR) is 80.1 cm³/mol. The highest BCUT2D eigenvalue weighted by atomic mass is 32.1. The van der Waals surface area contributed by atoms with Crippen molar-refractivity contribution in [3.05, 3.63) is 0 Å². The lowest BCUT2D eigenvalue weighted by Gasteiger charge is -2.46. The maximum absolute atomic E-state index is 12.2.